The predicted molar refractivity (Wildman–Crippen MR) is 93.2 cm³/mol. The van der Waals surface area contributed by atoms with E-state index in [2.05, 4.69) is 10.4 Å². The van der Waals surface area contributed by atoms with Crippen LogP contribution in [0.4, 0.5) is 20.6 Å². The van der Waals surface area contributed by atoms with Gasteiger partial charge in [0.2, 0.25) is 0 Å². The molecule has 0 radical (unpaired) electrons. The molecule has 0 aliphatic carbocycles. The molecule has 2 amide bonds. The number of ether oxygens (including phenoxy) is 1. The van der Waals surface area contributed by atoms with Crippen molar-refractivity contribution in [3.8, 4) is 0 Å². The van der Waals surface area contributed by atoms with E-state index in [0.29, 0.717) is 25.4 Å². The van der Waals surface area contributed by atoms with Crippen LogP contribution in [0.15, 0.2) is 30.5 Å². The SMILES string of the molecule is CN(C)c1ccc(F)cc1NC(=O)N1CCOC(c2ccnn2C)C1. The Morgan fingerprint density at radius 3 is 2.88 bits per heavy atom. The maximum absolute atomic E-state index is 13.6. The smallest absolute Gasteiger partial charge is 0.322 e. The number of halogens is 1. The highest BCUT2D eigenvalue weighted by molar-refractivity contribution is 5.93. The monoisotopic (exact) mass is 347 g/mol. The molecule has 1 N–H and O–H groups in total. The molecule has 7 nitrogen and oxygen atoms in total. The van der Waals surface area contributed by atoms with Gasteiger partial charge in [-0.2, -0.15) is 5.10 Å². The molecule has 0 spiro atoms. The lowest BCUT2D eigenvalue weighted by molar-refractivity contribution is -0.0175. The number of amides is 2. The molecule has 8 heteroatoms. The minimum absolute atomic E-state index is 0.229. The lowest BCUT2D eigenvalue weighted by atomic mass is 10.2. The standard InChI is InChI=1S/C17H22FN5O2/c1-21(2)14-5-4-12(18)10-13(14)20-17(24)23-8-9-25-16(11-23)15-6-7-19-22(15)3/h4-7,10,16H,8-9,11H2,1-3H3,(H,20,24). The second-order valence-electron chi connectivity index (χ2n) is 6.17. The van der Waals surface area contributed by atoms with Crippen molar-refractivity contribution in [1.29, 1.82) is 0 Å². The number of morpholine rings is 1. The number of nitrogens with one attached hydrogen (secondary N) is 1. The summed E-state index contributed by atoms with van der Waals surface area (Å²) in [6.45, 7) is 1.33. The largest absolute Gasteiger partial charge is 0.376 e. The molecule has 1 aliphatic heterocycles. The number of anilines is 2. The highest BCUT2D eigenvalue weighted by Crippen LogP contribution is 2.27. The maximum atomic E-state index is 13.6. The molecule has 2 aromatic rings. The molecule has 1 fully saturated rings. The van der Waals surface area contributed by atoms with Gasteiger partial charge >= 0.3 is 6.03 Å². The summed E-state index contributed by atoms with van der Waals surface area (Å²) >= 11 is 0. The van der Waals surface area contributed by atoms with Crippen LogP contribution in [0.2, 0.25) is 0 Å². The Labute approximate surface area is 146 Å². The molecule has 1 unspecified atom stereocenters. The van der Waals surface area contributed by atoms with Gasteiger partial charge in [0, 0.05) is 33.9 Å². The van der Waals surface area contributed by atoms with Crippen LogP contribution in [0.3, 0.4) is 0 Å². The summed E-state index contributed by atoms with van der Waals surface area (Å²) in [4.78, 5) is 16.1. The topological polar surface area (TPSA) is 62.6 Å². The van der Waals surface area contributed by atoms with Gasteiger partial charge in [-0.25, -0.2) is 9.18 Å². The first kappa shape index (κ1) is 17.2. The number of aromatic nitrogens is 2. The first-order valence-corrected chi connectivity index (χ1v) is 8.08. The lowest BCUT2D eigenvalue weighted by Crippen LogP contribution is -2.44. The zero-order valence-electron chi connectivity index (χ0n) is 14.6. The van der Waals surface area contributed by atoms with Gasteiger partial charge in [0.05, 0.1) is 30.2 Å². The number of carbonyl (C=O) groups is 1. The molecule has 25 heavy (non-hydrogen) atoms. The zero-order chi connectivity index (χ0) is 18.0. The summed E-state index contributed by atoms with van der Waals surface area (Å²) in [5.41, 5.74) is 2.10. The average molecular weight is 347 g/mol. The van der Waals surface area contributed by atoms with Gasteiger partial charge in [0.1, 0.15) is 11.9 Å². The molecule has 1 atom stereocenters. The average Bonchev–Trinajstić information content (AvgIpc) is 3.01. The minimum Gasteiger partial charge on any atom is -0.376 e. The fourth-order valence-electron chi connectivity index (χ4n) is 2.91. The van der Waals surface area contributed by atoms with Crippen molar-refractivity contribution in [2.45, 2.75) is 6.10 Å². The molecule has 1 aromatic carbocycles. The van der Waals surface area contributed by atoms with Crippen LogP contribution in [0.1, 0.15) is 11.8 Å². The van der Waals surface area contributed by atoms with E-state index in [1.54, 1.807) is 21.8 Å². The van der Waals surface area contributed by atoms with Gasteiger partial charge in [0.15, 0.2) is 0 Å². The molecule has 0 bridgehead atoms. The van der Waals surface area contributed by atoms with Crippen LogP contribution in [-0.2, 0) is 11.8 Å². The highest BCUT2D eigenvalue weighted by Gasteiger charge is 2.27. The quantitative estimate of drug-likeness (QED) is 0.925. The van der Waals surface area contributed by atoms with Gasteiger partial charge in [-0.3, -0.25) is 4.68 Å². The number of urea groups is 1. The summed E-state index contributed by atoms with van der Waals surface area (Å²) < 4.78 is 21.1. The van der Waals surface area contributed by atoms with Gasteiger partial charge in [-0.05, 0) is 24.3 Å². The number of rotatable bonds is 3. The molecule has 3 rings (SSSR count). The van der Waals surface area contributed by atoms with Crippen LogP contribution in [0.25, 0.3) is 0 Å². The van der Waals surface area contributed by atoms with Crippen LogP contribution < -0.4 is 10.2 Å². The number of nitrogens with zero attached hydrogens (tertiary/aromatic N) is 4. The molecule has 1 saturated heterocycles. The molecule has 2 heterocycles. The van der Waals surface area contributed by atoms with Gasteiger partial charge in [-0.15, -0.1) is 0 Å². The molecule has 1 aromatic heterocycles. The molecule has 1 aliphatic rings. The second-order valence-corrected chi connectivity index (χ2v) is 6.17. The van der Waals surface area contributed by atoms with E-state index in [1.807, 2.05) is 32.1 Å². The van der Waals surface area contributed by atoms with E-state index in [1.165, 1.54) is 12.1 Å². The number of carbonyl (C=O) groups excluding carboxylic acids is 1. The number of hydrogen-bond donors (Lipinski definition) is 1. The third kappa shape index (κ3) is 3.74. The molecule has 134 valence electrons. The van der Waals surface area contributed by atoms with Gasteiger partial charge < -0.3 is 19.9 Å². The summed E-state index contributed by atoms with van der Waals surface area (Å²) in [6, 6.07) is 5.94. The fraction of sp³-hybridized carbons (Fsp3) is 0.412. The number of benzene rings is 1. The third-order valence-corrected chi connectivity index (χ3v) is 4.22. The van der Waals surface area contributed by atoms with Crippen LogP contribution in [-0.4, -0.2) is 54.5 Å². The molecule has 0 saturated carbocycles. The normalized spacial score (nSPS) is 17.4. The number of hydrogen-bond acceptors (Lipinski definition) is 4. The lowest BCUT2D eigenvalue weighted by Gasteiger charge is -2.33. The summed E-state index contributed by atoms with van der Waals surface area (Å²) in [7, 11) is 5.53. The Bertz CT molecular complexity index is 761. The number of aryl methyl sites for hydroxylation is 1. The van der Waals surface area contributed by atoms with E-state index < -0.39 is 5.82 Å². The third-order valence-electron chi connectivity index (χ3n) is 4.22. The highest BCUT2D eigenvalue weighted by atomic mass is 19.1. The van der Waals surface area contributed by atoms with Crippen molar-refractivity contribution >= 4 is 17.4 Å². The summed E-state index contributed by atoms with van der Waals surface area (Å²) in [6.07, 6.45) is 1.47. The van der Waals surface area contributed by atoms with Gasteiger partial charge in [0.25, 0.3) is 0 Å². The van der Waals surface area contributed by atoms with Crippen molar-refractivity contribution in [1.82, 2.24) is 14.7 Å². The first-order valence-electron chi connectivity index (χ1n) is 8.08. The Kier molecular flexibility index (Phi) is 4.89. The van der Waals surface area contributed by atoms with Crippen LogP contribution in [0.5, 0.6) is 0 Å². The van der Waals surface area contributed by atoms with Crippen LogP contribution >= 0.6 is 0 Å². The Morgan fingerprint density at radius 1 is 1.40 bits per heavy atom. The zero-order valence-corrected chi connectivity index (χ0v) is 14.6. The van der Waals surface area contributed by atoms with Crippen LogP contribution in [0, 0.1) is 5.82 Å². The van der Waals surface area contributed by atoms with Gasteiger partial charge in [-0.1, -0.05) is 0 Å². The van der Waals surface area contributed by atoms with E-state index >= 15 is 0 Å². The molecular formula is C17H22FN5O2. The van der Waals surface area contributed by atoms with Crippen molar-refractivity contribution < 1.29 is 13.9 Å². The Balaban J connectivity index is 1.73. The van der Waals surface area contributed by atoms with Crippen molar-refractivity contribution in [3.05, 3.63) is 42.0 Å². The summed E-state index contributed by atoms with van der Waals surface area (Å²) in [5.74, 6) is -0.393. The van der Waals surface area contributed by atoms with E-state index in [4.69, 9.17) is 4.74 Å². The van der Waals surface area contributed by atoms with Crippen molar-refractivity contribution in [3.63, 3.8) is 0 Å². The second kappa shape index (κ2) is 7.10. The first-order chi connectivity index (χ1) is 12.0. The fourth-order valence-corrected chi connectivity index (χ4v) is 2.91. The molecular weight excluding hydrogens is 325 g/mol. The van der Waals surface area contributed by atoms with E-state index in [9.17, 15) is 9.18 Å². The predicted octanol–water partition coefficient (Wildman–Crippen LogP) is 2.23. The minimum atomic E-state index is -0.393. The van der Waals surface area contributed by atoms with E-state index in [0.717, 1.165) is 11.4 Å². The van der Waals surface area contributed by atoms with Crippen molar-refractivity contribution in [2.24, 2.45) is 7.05 Å². The Hall–Kier alpha value is -2.61. The van der Waals surface area contributed by atoms with E-state index in [-0.39, 0.29) is 12.1 Å². The maximum Gasteiger partial charge on any atom is 0.322 e. The van der Waals surface area contributed by atoms with Crippen molar-refractivity contribution in [2.75, 3.05) is 44.0 Å². The Morgan fingerprint density at radius 2 is 2.20 bits per heavy atom. The summed E-state index contributed by atoms with van der Waals surface area (Å²) in [5, 5.41) is 6.95.